The molecule has 1 aliphatic carbocycles. The van der Waals surface area contributed by atoms with Crippen LogP contribution in [0, 0.1) is 0 Å². The fraction of sp³-hybridized carbons (Fsp3) is 0.846. The molecule has 0 nitrogen and oxygen atoms in total. The topological polar surface area (TPSA) is 0 Å². The Labute approximate surface area is 90.2 Å². The second-order valence-corrected chi connectivity index (χ2v) is 4.76. The smallest absolute Gasteiger partial charge is 0.0860 e. The van der Waals surface area contributed by atoms with Gasteiger partial charge in [-0.05, 0) is 25.7 Å². The van der Waals surface area contributed by atoms with Gasteiger partial charge in [0.15, 0.2) is 0 Å². The quantitative estimate of drug-likeness (QED) is 0.418. The standard InChI is InChI=1S/C13H25B/c1-3-10-14(11-4-2)12-13-8-6-5-7-9-13/h8H,3-7,9-12H2,1-2H3. The molecule has 14 heavy (non-hydrogen) atoms. The van der Waals surface area contributed by atoms with E-state index in [-0.39, 0.29) is 0 Å². The van der Waals surface area contributed by atoms with Crippen molar-refractivity contribution in [3.63, 3.8) is 0 Å². The van der Waals surface area contributed by atoms with E-state index >= 15 is 0 Å². The molecule has 0 heterocycles. The Kier molecular flexibility index (Phi) is 6.06. The highest BCUT2D eigenvalue weighted by Crippen LogP contribution is 2.24. The molecule has 0 N–H and O–H groups in total. The molecule has 1 heteroatoms. The van der Waals surface area contributed by atoms with Crippen LogP contribution in [0.1, 0.15) is 52.4 Å². The van der Waals surface area contributed by atoms with Gasteiger partial charge in [0, 0.05) is 0 Å². The maximum Gasteiger partial charge on any atom is 0.144 e. The van der Waals surface area contributed by atoms with Crippen LogP contribution in [0.4, 0.5) is 0 Å². The normalized spacial score (nSPS) is 16.6. The van der Waals surface area contributed by atoms with E-state index in [0.29, 0.717) is 0 Å². The van der Waals surface area contributed by atoms with Crippen LogP contribution < -0.4 is 0 Å². The molecule has 1 rings (SSSR count). The average molecular weight is 192 g/mol. The number of allylic oxidation sites excluding steroid dienone is 2. The van der Waals surface area contributed by atoms with Crippen LogP contribution in [0.15, 0.2) is 11.6 Å². The second-order valence-electron chi connectivity index (χ2n) is 4.76. The van der Waals surface area contributed by atoms with E-state index in [9.17, 15) is 0 Å². The number of hydrogen-bond acceptors (Lipinski definition) is 0. The molecule has 0 saturated heterocycles. The summed E-state index contributed by atoms with van der Waals surface area (Å²) in [4.78, 5) is 0. The summed E-state index contributed by atoms with van der Waals surface area (Å²) in [7, 11) is 0. The van der Waals surface area contributed by atoms with E-state index in [2.05, 4.69) is 19.9 Å². The van der Waals surface area contributed by atoms with Gasteiger partial charge in [0.2, 0.25) is 0 Å². The molecule has 0 aromatic heterocycles. The Balaban J connectivity index is 2.32. The molecular weight excluding hydrogens is 167 g/mol. The van der Waals surface area contributed by atoms with Crippen LogP contribution in [0.2, 0.25) is 19.0 Å². The van der Waals surface area contributed by atoms with Crippen molar-refractivity contribution in [2.24, 2.45) is 0 Å². The lowest BCUT2D eigenvalue weighted by Crippen LogP contribution is -2.13. The number of rotatable bonds is 6. The van der Waals surface area contributed by atoms with Crippen molar-refractivity contribution in [3.05, 3.63) is 11.6 Å². The maximum absolute atomic E-state index is 2.52. The first kappa shape index (κ1) is 11.9. The van der Waals surface area contributed by atoms with Crippen molar-refractivity contribution in [3.8, 4) is 0 Å². The second kappa shape index (κ2) is 7.14. The van der Waals surface area contributed by atoms with Crippen LogP contribution in [-0.4, -0.2) is 6.71 Å². The molecule has 0 spiro atoms. The highest BCUT2D eigenvalue weighted by atomic mass is 14.1. The predicted molar refractivity (Wildman–Crippen MR) is 67.3 cm³/mol. The Morgan fingerprint density at radius 3 is 2.36 bits per heavy atom. The first-order chi connectivity index (χ1) is 6.86. The molecule has 0 saturated carbocycles. The lowest BCUT2D eigenvalue weighted by Gasteiger charge is -2.17. The van der Waals surface area contributed by atoms with Crippen molar-refractivity contribution >= 4 is 6.71 Å². The van der Waals surface area contributed by atoms with Crippen LogP contribution in [-0.2, 0) is 0 Å². The van der Waals surface area contributed by atoms with Crippen LogP contribution in [0.25, 0.3) is 0 Å². The fourth-order valence-corrected chi connectivity index (χ4v) is 2.63. The van der Waals surface area contributed by atoms with Gasteiger partial charge in [-0.15, -0.1) is 0 Å². The molecule has 0 radical (unpaired) electrons. The Hall–Kier alpha value is -0.195. The summed E-state index contributed by atoms with van der Waals surface area (Å²) in [6.07, 6.45) is 15.1. The van der Waals surface area contributed by atoms with E-state index in [1.165, 1.54) is 57.5 Å². The molecule has 1 aliphatic rings. The van der Waals surface area contributed by atoms with Crippen molar-refractivity contribution in [1.29, 1.82) is 0 Å². The van der Waals surface area contributed by atoms with Gasteiger partial charge < -0.3 is 0 Å². The largest absolute Gasteiger partial charge is 0.144 e. The Morgan fingerprint density at radius 1 is 1.14 bits per heavy atom. The van der Waals surface area contributed by atoms with Gasteiger partial charge in [-0.1, -0.05) is 57.3 Å². The van der Waals surface area contributed by atoms with Gasteiger partial charge in [-0.25, -0.2) is 0 Å². The summed E-state index contributed by atoms with van der Waals surface area (Å²) < 4.78 is 0. The summed E-state index contributed by atoms with van der Waals surface area (Å²) in [6, 6.07) is 0. The van der Waals surface area contributed by atoms with Gasteiger partial charge in [-0.2, -0.15) is 0 Å². The Bertz CT molecular complexity index is 166. The van der Waals surface area contributed by atoms with E-state index in [1.807, 2.05) is 0 Å². The highest BCUT2D eigenvalue weighted by molar-refractivity contribution is 6.59. The highest BCUT2D eigenvalue weighted by Gasteiger charge is 2.14. The minimum Gasteiger partial charge on any atom is -0.0860 e. The number of hydrogen-bond donors (Lipinski definition) is 0. The van der Waals surface area contributed by atoms with Gasteiger partial charge >= 0.3 is 0 Å². The van der Waals surface area contributed by atoms with Gasteiger partial charge in [0.05, 0.1) is 0 Å². The van der Waals surface area contributed by atoms with Crippen LogP contribution in [0.3, 0.4) is 0 Å². The molecular formula is C13H25B. The molecule has 0 atom stereocenters. The third-order valence-electron chi connectivity index (χ3n) is 3.33. The van der Waals surface area contributed by atoms with E-state index in [0.717, 1.165) is 6.71 Å². The minimum atomic E-state index is 0.981. The third kappa shape index (κ3) is 4.35. The molecule has 0 bridgehead atoms. The Morgan fingerprint density at radius 2 is 1.86 bits per heavy atom. The molecule has 0 amide bonds. The molecule has 80 valence electrons. The van der Waals surface area contributed by atoms with E-state index < -0.39 is 0 Å². The molecule has 0 aromatic carbocycles. The minimum absolute atomic E-state index is 0.981. The summed E-state index contributed by atoms with van der Waals surface area (Å²) in [6.45, 7) is 5.62. The van der Waals surface area contributed by atoms with E-state index in [4.69, 9.17) is 0 Å². The summed E-state index contributed by atoms with van der Waals surface area (Å²) in [5, 5.41) is 0. The lowest BCUT2D eigenvalue weighted by molar-refractivity contribution is 0.699. The third-order valence-corrected chi connectivity index (χ3v) is 3.33. The average Bonchev–Trinajstić information content (AvgIpc) is 2.20. The van der Waals surface area contributed by atoms with Gasteiger partial charge in [0.1, 0.15) is 6.71 Å². The SMILES string of the molecule is CCCB(CCC)CC1=CCCCC1. The summed E-state index contributed by atoms with van der Waals surface area (Å²) in [5.41, 5.74) is 1.77. The molecule has 0 aromatic rings. The van der Waals surface area contributed by atoms with Crippen molar-refractivity contribution in [1.82, 2.24) is 0 Å². The van der Waals surface area contributed by atoms with E-state index in [1.54, 1.807) is 5.57 Å². The zero-order chi connectivity index (χ0) is 10.2. The van der Waals surface area contributed by atoms with Crippen molar-refractivity contribution in [2.45, 2.75) is 71.3 Å². The van der Waals surface area contributed by atoms with Crippen molar-refractivity contribution < 1.29 is 0 Å². The zero-order valence-electron chi connectivity index (χ0n) is 10.0. The maximum atomic E-state index is 2.52. The van der Waals surface area contributed by atoms with Gasteiger partial charge in [0.25, 0.3) is 0 Å². The first-order valence-electron chi connectivity index (χ1n) is 6.54. The zero-order valence-corrected chi connectivity index (χ0v) is 10.0. The lowest BCUT2D eigenvalue weighted by atomic mass is 9.40. The van der Waals surface area contributed by atoms with Crippen molar-refractivity contribution in [2.75, 3.05) is 0 Å². The monoisotopic (exact) mass is 192 g/mol. The fourth-order valence-electron chi connectivity index (χ4n) is 2.63. The molecule has 0 fully saturated rings. The molecule has 0 unspecified atom stereocenters. The van der Waals surface area contributed by atoms with Crippen LogP contribution >= 0.6 is 0 Å². The predicted octanol–water partition coefficient (Wildman–Crippen LogP) is 4.80. The molecule has 0 aliphatic heterocycles. The summed E-state index contributed by atoms with van der Waals surface area (Å²) in [5.74, 6) is 0. The summed E-state index contributed by atoms with van der Waals surface area (Å²) >= 11 is 0. The van der Waals surface area contributed by atoms with Gasteiger partial charge in [-0.3, -0.25) is 0 Å². The first-order valence-corrected chi connectivity index (χ1v) is 6.54. The van der Waals surface area contributed by atoms with Crippen LogP contribution in [0.5, 0.6) is 0 Å².